The molecule has 1 aromatic heterocycles. The van der Waals surface area contributed by atoms with Crippen molar-refractivity contribution in [3.05, 3.63) is 41.7 Å². The Morgan fingerprint density at radius 2 is 1.88 bits per heavy atom. The first-order valence-corrected chi connectivity index (χ1v) is 10.7. The van der Waals surface area contributed by atoms with Crippen LogP contribution in [0.15, 0.2) is 35.5 Å². The van der Waals surface area contributed by atoms with Crippen LogP contribution in [0.1, 0.15) is 67.9 Å². The molecule has 3 saturated carbocycles. The third-order valence-electron chi connectivity index (χ3n) is 5.45. The van der Waals surface area contributed by atoms with E-state index in [-0.39, 0.29) is 11.9 Å². The third kappa shape index (κ3) is 3.52. The molecule has 0 aliphatic heterocycles. The van der Waals surface area contributed by atoms with Gasteiger partial charge in [0.25, 0.3) is 0 Å². The van der Waals surface area contributed by atoms with Crippen molar-refractivity contribution in [3.63, 3.8) is 0 Å². The molecule has 0 spiro atoms. The van der Waals surface area contributed by atoms with Gasteiger partial charge in [0, 0.05) is 12.0 Å². The predicted octanol–water partition coefficient (Wildman–Crippen LogP) is 3.85. The molecule has 1 aromatic carbocycles. The number of nitrogens with one attached hydrogen (secondary N) is 1. The van der Waals surface area contributed by atoms with Crippen LogP contribution in [-0.2, 0) is 4.79 Å². The molecule has 5 rings (SSSR count). The molecule has 1 atom stereocenters. The molecule has 3 fully saturated rings. The van der Waals surface area contributed by atoms with Crippen LogP contribution in [0.5, 0.6) is 0 Å². The Morgan fingerprint density at radius 3 is 2.54 bits per heavy atom. The molecule has 0 radical (unpaired) electrons. The first-order chi connectivity index (χ1) is 12.8. The first-order valence-electron chi connectivity index (χ1n) is 9.71. The first kappa shape index (κ1) is 16.4. The molecule has 1 unspecified atom stereocenters. The van der Waals surface area contributed by atoms with E-state index in [1.807, 2.05) is 18.2 Å². The molecule has 1 heterocycles. The normalized spacial score (nSPS) is 20.8. The maximum Gasteiger partial charge on any atom is 0.230 e. The number of hydrogen-bond donors (Lipinski definition) is 1. The minimum Gasteiger partial charge on any atom is -0.348 e. The summed E-state index contributed by atoms with van der Waals surface area (Å²) < 4.78 is 2.31. The fraction of sp³-hybridized carbons (Fsp3) is 0.550. The Morgan fingerprint density at radius 1 is 1.12 bits per heavy atom. The molecule has 3 aliphatic rings. The number of nitrogens with zero attached hydrogens (tertiary/aromatic N) is 3. The lowest BCUT2D eigenvalue weighted by molar-refractivity contribution is -0.119. The summed E-state index contributed by atoms with van der Waals surface area (Å²) in [6.07, 6.45) is 7.30. The lowest BCUT2D eigenvalue weighted by Crippen LogP contribution is -2.31. The van der Waals surface area contributed by atoms with Gasteiger partial charge >= 0.3 is 0 Å². The second-order valence-electron chi connectivity index (χ2n) is 7.80. The summed E-state index contributed by atoms with van der Waals surface area (Å²) in [5.41, 5.74) is 1.21. The van der Waals surface area contributed by atoms with Crippen molar-refractivity contribution in [2.45, 2.75) is 61.7 Å². The summed E-state index contributed by atoms with van der Waals surface area (Å²) in [4.78, 5) is 12.6. The number of carbonyl (C=O) groups is 1. The Labute approximate surface area is 158 Å². The van der Waals surface area contributed by atoms with E-state index in [2.05, 4.69) is 32.2 Å². The van der Waals surface area contributed by atoms with E-state index in [4.69, 9.17) is 0 Å². The largest absolute Gasteiger partial charge is 0.348 e. The molecule has 5 nitrogen and oxygen atoms in total. The van der Waals surface area contributed by atoms with E-state index in [1.165, 1.54) is 55.9 Å². The fourth-order valence-electron chi connectivity index (χ4n) is 3.59. The van der Waals surface area contributed by atoms with Gasteiger partial charge in [-0.1, -0.05) is 42.1 Å². The quantitative estimate of drug-likeness (QED) is 0.719. The zero-order chi connectivity index (χ0) is 17.5. The zero-order valence-corrected chi connectivity index (χ0v) is 15.6. The third-order valence-corrected chi connectivity index (χ3v) is 6.39. The van der Waals surface area contributed by atoms with Crippen molar-refractivity contribution in [1.29, 1.82) is 0 Å². The van der Waals surface area contributed by atoms with Crippen LogP contribution in [0, 0.1) is 5.92 Å². The highest BCUT2D eigenvalue weighted by molar-refractivity contribution is 7.99. The summed E-state index contributed by atoms with van der Waals surface area (Å²) in [6.45, 7) is 0. The second-order valence-corrected chi connectivity index (χ2v) is 8.74. The van der Waals surface area contributed by atoms with E-state index in [9.17, 15) is 4.79 Å². The number of benzene rings is 1. The molecule has 26 heavy (non-hydrogen) atoms. The van der Waals surface area contributed by atoms with Gasteiger partial charge in [-0.15, -0.1) is 10.2 Å². The molecular weight excluding hydrogens is 344 g/mol. The minimum atomic E-state index is 0.0917. The Hall–Kier alpha value is -1.82. The number of aromatic nitrogens is 3. The Balaban J connectivity index is 1.24. The van der Waals surface area contributed by atoms with Crippen molar-refractivity contribution in [2.24, 2.45) is 5.92 Å². The highest BCUT2D eigenvalue weighted by Gasteiger charge is 2.37. The number of amides is 1. The van der Waals surface area contributed by atoms with Crippen LogP contribution in [0.3, 0.4) is 0 Å². The summed E-state index contributed by atoms with van der Waals surface area (Å²) >= 11 is 1.54. The van der Waals surface area contributed by atoms with E-state index in [1.54, 1.807) is 0 Å². The number of thioether (sulfide) groups is 1. The monoisotopic (exact) mass is 368 g/mol. The van der Waals surface area contributed by atoms with E-state index in [0.29, 0.717) is 23.6 Å². The lowest BCUT2D eigenvalue weighted by Gasteiger charge is -2.18. The zero-order valence-electron chi connectivity index (χ0n) is 14.8. The van der Waals surface area contributed by atoms with Gasteiger partial charge in [0.1, 0.15) is 5.82 Å². The highest BCUT2D eigenvalue weighted by Crippen LogP contribution is 2.46. The summed E-state index contributed by atoms with van der Waals surface area (Å²) in [7, 11) is 0. The van der Waals surface area contributed by atoms with Crippen molar-refractivity contribution in [3.8, 4) is 0 Å². The van der Waals surface area contributed by atoms with Gasteiger partial charge in [0.05, 0.1) is 11.8 Å². The second kappa shape index (κ2) is 6.72. The van der Waals surface area contributed by atoms with E-state index < -0.39 is 0 Å². The van der Waals surface area contributed by atoms with Gasteiger partial charge < -0.3 is 9.88 Å². The molecule has 1 N–H and O–H groups in total. The van der Waals surface area contributed by atoms with Crippen molar-refractivity contribution < 1.29 is 4.79 Å². The minimum absolute atomic E-state index is 0.0917. The van der Waals surface area contributed by atoms with Crippen LogP contribution in [0.4, 0.5) is 0 Å². The molecule has 0 saturated heterocycles. The molecule has 3 aliphatic carbocycles. The molecule has 136 valence electrons. The van der Waals surface area contributed by atoms with Crippen LogP contribution in [0.2, 0.25) is 0 Å². The molecular formula is C20H24N4OS. The highest BCUT2D eigenvalue weighted by atomic mass is 32.2. The van der Waals surface area contributed by atoms with Gasteiger partial charge in [-0.25, -0.2) is 0 Å². The van der Waals surface area contributed by atoms with Crippen molar-refractivity contribution in [1.82, 2.24) is 20.1 Å². The van der Waals surface area contributed by atoms with Crippen molar-refractivity contribution in [2.75, 3.05) is 5.75 Å². The molecule has 2 aromatic rings. The van der Waals surface area contributed by atoms with Gasteiger partial charge in [0.15, 0.2) is 5.16 Å². The SMILES string of the molecule is O=C(CSc1nnc(C2CC2)n1C1CC1)NC(c1ccccc1)C1CC1. The van der Waals surface area contributed by atoms with E-state index >= 15 is 0 Å². The van der Waals surface area contributed by atoms with Crippen LogP contribution in [0.25, 0.3) is 0 Å². The maximum atomic E-state index is 12.6. The molecule has 1 amide bonds. The lowest BCUT2D eigenvalue weighted by atomic mass is 10.0. The van der Waals surface area contributed by atoms with Crippen LogP contribution in [-0.4, -0.2) is 26.4 Å². The predicted molar refractivity (Wildman–Crippen MR) is 101 cm³/mol. The number of carbonyl (C=O) groups excluding carboxylic acids is 1. The summed E-state index contributed by atoms with van der Waals surface area (Å²) in [5.74, 6) is 2.84. The van der Waals surface area contributed by atoms with E-state index in [0.717, 1.165) is 11.0 Å². The topological polar surface area (TPSA) is 59.8 Å². The average molecular weight is 369 g/mol. The van der Waals surface area contributed by atoms with Gasteiger partial charge in [-0.3, -0.25) is 4.79 Å². The summed E-state index contributed by atoms with van der Waals surface area (Å²) in [6, 6.07) is 11.0. The van der Waals surface area contributed by atoms with Gasteiger partial charge in [-0.2, -0.15) is 0 Å². The number of hydrogen-bond acceptors (Lipinski definition) is 4. The molecule has 0 bridgehead atoms. The van der Waals surface area contributed by atoms with Gasteiger partial charge in [0.2, 0.25) is 5.91 Å². The maximum absolute atomic E-state index is 12.6. The smallest absolute Gasteiger partial charge is 0.230 e. The Kier molecular flexibility index (Phi) is 4.23. The van der Waals surface area contributed by atoms with Gasteiger partial charge in [-0.05, 0) is 50.0 Å². The van der Waals surface area contributed by atoms with Crippen LogP contribution < -0.4 is 5.32 Å². The standard InChI is InChI=1S/C20H24N4OS/c25-17(21-18(14-6-7-14)13-4-2-1-3-5-13)12-26-20-23-22-19(15-8-9-15)24(20)16-10-11-16/h1-5,14-16,18H,6-12H2,(H,21,25). The van der Waals surface area contributed by atoms with Crippen LogP contribution >= 0.6 is 11.8 Å². The fourth-order valence-corrected chi connectivity index (χ4v) is 4.41. The Bertz CT molecular complexity index is 793. The summed E-state index contributed by atoms with van der Waals surface area (Å²) in [5, 5.41) is 13.0. The molecule has 6 heteroatoms. The van der Waals surface area contributed by atoms with Crippen molar-refractivity contribution >= 4 is 17.7 Å². The number of rotatable bonds is 8. The average Bonchev–Trinajstić information content (AvgIpc) is 3.53.